The van der Waals surface area contributed by atoms with E-state index in [1.807, 2.05) is 6.92 Å². The van der Waals surface area contributed by atoms with Crippen molar-refractivity contribution in [1.82, 2.24) is 30.4 Å². The van der Waals surface area contributed by atoms with E-state index in [1.54, 1.807) is 37.3 Å². The first-order chi connectivity index (χ1) is 18.0. The van der Waals surface area contributed by atoms with Crippen molar-refractivity contribution < 1.29 is 23.8 Å². The average Bonchev–Trinajstić information content (AvgIpc) is 3.69. The Morgan fingerprint density at radius 2 is 1.95 bits per heavy atom. The molecule has 11 heteroatoms. The molecule has 2 aromatic rings. The number of aromatic nitrogens is 4. The van der Waals surface area contributed by atoms with Gasteiger partial charge in [0.05, 0.1) is 20.3 Å². The number of rotatable bonds is 12. The number of tetrazole rings is 1. The molecule has 1 aromatic heterocycles. The first-order valence-electron chi connectivity index (χ1n) is 13.2. The molecule has 1 aliphatic carbocycles. The van der Waals surface area contributed by atoms with Gasteiger partial charge in [0.1, 0.15) is 12.6 Å². The highest BCUT2D eigenvalue weighted by Crippen LogP contribution is 2.30. The standard InChI is InChI=1S/C26H38N6O5/c1-4-8-21(26(34)27-19-9-5-6-10-19)31(16-20-11-7-14-37-20)24(33)17-32-29-25(28-30-32)18-12-13-22(35-2)23(15-18)36-3/h12-13,15,19-21H,4-11,14,16-17H2,1-3H3,(H,27,34). The van der Waals surface area contributed by atoms with Crippen LogP contribution in [0.15, 0.2) is 18.2 Å². The Hall–Kier alpha value is -3.21. The third-order valence-corrected chi connectivity index (χ3v) is 7.06. The van der Waals surface area contributed by atoms with Crippen LogP contribution in [0, 0.1) is 0 Å². The van der Waals surface area contributed by atoms with E-state index in [9.17, 15) is 9.59 Å². The molecule has 1 aliphatic heterocycles. The molecule has 2 fully saturated rings. The summed E-state index contributed by atoms with van der Waals surface area (Å²) < 4.78 is 16.5. The second-order valence-electron chi connectivity index (χ2n) is 9.69. The minimum atomic E-state index is -0.559. The molecule has 0 spiro atoms. The number of hydrogen-bond acceptors (Lipinski definition) is 8. The highest BCUT2D eigenvalue weighted by molar-refractivity contribution is 5.87. The quantitative estimate of drug-likeness (QED) is 0.459. The smallest absolute Gasteiger partial charge is 0.247 e. The molecule has 2 amide bonds. The summed E-state index contributed by atoms with van der Waals surface area (Å²) in [6.07, 6.45) is 7.36. The van der Waals surface area contributed by atoms with Gasteiger partial charge in [-0.3, -0.25) is 9.59 Å². The number of nitrogens with zero attached hydrogens (tertiary/aromatic N) is 5. The highest BCUT2D eigenvalue weighted by atomic mass is 16.5. The van der Waals surface area contributed by atoms with E-state index in [2.05, 4.69) is 20.7 Å². The van der Waals surface area contributed by atoms with E-state index in [4.69, 9.17) is 14.2 Å². The number of carbonyl (C=O) groups is 2. The maximum atomic E-state index is 13.6. The Labute approximate surface area is 217 Å². The number of amides is 2. The molecule has 0 radical (unpaired) electrons. The maximum Gasteiger partial charge on any atom is 0.247 e. The number of hydrogen-bond donors (Lipinski definition) is 1. The third-order valence-electron chi connectivity index (χ3n) is 7.06. The van der Waals surface area contributed by atoms with Crippen LogP contribution in [0.4, 0.5) is 0 Å². The van der Waals surface area contributed by atoms with Gasteiger partial charge in [-0.2, -0.15) is 4.80 Å². The van der Waals surface area contributed by atoms with Gasteiger partial charge in [-0.05, 0) is 55.5 Å². The number of nitrogens with one attached hydrogen (secondary N) is 1. The predicted molar refractivity (Wildman–Crippen MR) is 136 cm³/mol. The molecule has 4 rings (SSSR count). The van der Waals surface area contributed by atoms with Crippen LogP contribution >= 0.6 is 0 Å². The van der Waals surface area contributed by atoms with Crippen LogP contribution in [0.3, 0.4) is 0 Å². The van der Waals surface area contributed by atoms with Crippen molar-refractivity contribution in [3.8, 4) is 22.9 Å². The van der Waals surface area contributed by atoms with Crippen LogP contribution in [0.1, 0.15) is 58.3 Å². The monoisotopic (exact) mass is 514 g/mol. The van der Waals surface area contributed by atoms with Crippen molar-refractivity contribution in [2.24, 2.45) is 0 Å². The summed E-state index contributed by atoms with van der Waals surface area (Å²) in [7, 11) is 3.13. The van der Waals surface area contributed by atoms with Crippen LogP contribution in [0.5, 0.6) is 11.5 Å². The van der Waals surface area contributed by atoms with Gasteiger partial charge in [0, 0.05) is 24.8 Å². The SMILES string of the molecule is CCCC(C(=O)NC1CCCC1)N(CC1CCCO1)C(=O)Cn1nnc(-c2ccc(OC)c(OC)c2)n1. The fourth-order valence-corrected chi connectivity index (χ4v) is 5.09. The van der Waals surface area contributed by atoms with E-state index in [0.29, 0.717) is 42.5 Å². The van der Waals surface area contributed by atoms with Gasteiger partial charge < -0.3 is 24.4 Å². The van der Waals surface area contributed by atoms with E-state index < -0.39 is 6.04 Å². The minimum Gasteiger partial charge on any atom is -0.493 e. The zero-order valence-corrected chi connectivity index (χ0v) is 22.0. The topological polar surface area (TPSA) is 121 Å². The van der Waals surface area contributed by atoms with Crippen LogP contribution in [-0.4, -0.2) is 82.5 Å². The fraction of sp³-hybridized carbons (Fsp3) is 0.654. The van der Waals surface area contributed by atoms with Crippen LogP contribution < -0.4 is 14.8 Å². The lowest BCUT2D eigenvalue weighted by Crippen LogP contribution is -2.54. The Balaban J connectivity index is 1.51. The summed E-state index contributed by atoms with van der Waals surface area (Å²) in [6.45, 7) is 2.96. The zero-order valence-electron chi connectivity index (χ0n) is 22.0. The van der Waals surface area contributed by atoms with Gasteiger partial charge in [0.15, 0.2) is 11.5 Å². The molecule has 1 saturated carbocycles. The molecule has 2 unspecified atom stereocenters. The molecule has 37 heavy (non-hydrogen) atoms. The van der Waals surface area contributed by atoms with Crippen LogP contribution in [0.2, 0.25) is 0 Å². The number of methoxy groups -OCH3 is 2. The van der Waals surface area contributed by atoms with E-state index in [-0.39, 0.29) is 30.5 Å². The van der Waals surface area contributed by atoms with Crippen molar-refractivity contribution in [2.75, 3.05) is 27.4 Å². The molecule has 2 aliphatic rings. The molecule has 2 atom stereocenters. The Kier molecular flexibility index (Phi) is 9.32. The summed E-state index contributed by atoms with van der Waals surface area (Å²) in [5.41, 5.74) is 0.687. The number of ether oxygens (including phenoxy) is 3. The lowest BCUT2D eigenvalue weighted by molar-refractivity contribution is -0.143. The van der Waals surface area contributed by atoms with Crippen LogP contribution in [-0.2, 0) is 20.9 Å². The average molecular weight is 515 g/mol. The van der Waals surface area contributed by atoms with Crippen molar-refractivity contribution in [1.29, 1.82) is 0 Å². The molecule has 1 saturated heterocycles. The summed E-state index contributed by atoms with van der Waals surface area (Å²) in [4.78, 5) is 29.9. The zero-order chi connectivity index (χ0) is 26.2. The van der Waals surface area contributed by atoms with Gasteiger partial charge in [-0.15, -0.1) is 10.2 Å². The molecular weight excluding hydrogens is 476 g/mol. The highest BCUT2D eigenvalue weighted by Gasteiger charge is 2.34. The summed E-state index contributed by atoms with van der Waals surface area (Å²) in [5, 5.41) is 15.8. The first kappa shape index (κ1) is 26.8. The Bertz CT molecular complexity index is 1050. The molecule has 11 nitrogen and oxygen atoms in total. The fourth-order valence-electron chi connectivity index (χ4n) is 5.09. The first-order valence-corrected chi connectivity index (χ1v) is 13.2. The summed E-state index contributed by atoms with van der Waals surface area (Å²) in [5.74, 6) is 1.19. The number of carbonyl (C=O) groups excluding carboxylic acids is 2. The molecule has 0 bridgehead atoms. The predicted octanol–water partition coefficient (Wildman–Crippen LogP) is 2.59. The third kappa shape index (κ3) is 6.76. The van der Waals surface area contributed by atoms with Gasteiger partial charge in [-0.25, -0.2) is 0 Å². The second kappa shape index (κ2) is 12.8. The van der Waals surface area contributed by atoms with Crippen LogP contribution in [0.25, 0.3) is 11.4 Å². The molecular formula is C26H38N6O5. The Morgan fingerprint density at radius 3 is 2.62 bits per heavy atom. The number of benzene rings is 1. The lowest BCUT2D eigenvalue weighted by atomic mass is 10.1. The largest absolute Gasteiger partial charge is 0.493 e. The minimum absolute atomic E-state index is 0.0754. The van der Waals surface area contributed by atoms with Gasteiger partial charge >= 0.3 is 0 Å². The van der Waals surface area contributed by atoms with E-state index in [0.717, 1.165) is 44.9 Å². The van der Waals surface area contributed by atoms with Gasteiger partial charge in [0.2, 0.25) is 17.6 Å². The lowest BCUT2D eigenvalue weighted by Gasteiger charge is -2.33. The second-order valence-corrected chi connectivity index (χ2v) is 9.69. The van der Waals surface area contributed by atoms with Crippen molar-refractivity contribution >= 4 is 11.8 Å². The Morgan fingerprint density at radius 1 is 1.16 bits per heavy atom. The van der Waals surface area contributed by atoms with Crippen molar-refractivity contribution in [2.45, 2.75) is 83.0 Å². The van der Waals surface area contributed by atoms with Crippen molar-refractivity contribution in [3.63, 3.8) is 0 Å². The molecule has 2 heterocycles. The van der Waals surface area contributed by atoms with Crippen molar-refractivity contribution in [3.05, 3.63) is 18.2 Å². The maximum absolute atomic E-state index is 13.6. The van der Waals surface area contributed by atoms with E-state index >= 15 is 0 Å². The normalized spacial score (nSPS) is 18.5. The summed E-state index contributed by atoms with van der Waals surface area (Å²) >= 11 is 0. The van der Waals surface area contributed by atoms with E-state index in [1.165, 1.54) is 4.80 Å². The van der Waals surface area contributed by atoms with Gasteiger partial charge in [0.25, 0.3) is 0 Å². The summed E-state index contributed by atoms with van der Waals surface area (Å²) in [6, 6.07) is 4.96. The van der Waals surface area contributed by atoms with Gasteiger partial charge in [-0.1, -0.05) is 26.2 Å². The molecule has 1 aromatic carbocycles. The molecule has 202 valence electrons. The molecule has 1 N–H and O–H groups in total.